The van der Waals surface area contributed by atoms with Crippen LogP contribution in [0.3, 0.4) is 0 Å². The van der Waals surface area contributed by atoms with Crippen LogP contribution in [-0.2, 0) is 0 Å². The van der Waals surface area contributed by atoms with Crippen LogP contribution < -0.4 is 5.01 Å². The second-order valence-corrected chi connectivity index (χ2v) is 9.31. The topological polar surface area (TPSA) is 92.9 Å². The van der Waals surface area contributed by atoms with Gasteiger partial charge in [0.25, 0.3) is 5.69 Å². The van der Waals surface area contributed by atoms with Crippen LogP contribution in [0.2, 0.25) is 0 Å². The number of carbonyl (C=O) groups is 2. The minimum absolute atomic E-state index is 0.0866. The van der Waals surface area contributed by atoms with Gasteiger partial charge in [-0.2, -0.15) is 5.10 Å². The number of hydrazone groups is 1. The molecule has 3 aromatic carbocycles. The zero-order valence-electron chi connectivity index (χ0n) is 18.2. The standard InChI is InChI=1S/C27H17N3O4S/c31-25-20-9-4-5-10-21(20)26(32)27(25)23(17-7-2-1-3-8-17)24(22-11-6-16-35-22)28-29(27)18-12-14-19(15-13-18)30(33)34/h1-16,23H. The van der Waals surface area contributed by atoms with Gasteiger partial charge in [-0.3, -0.25) is 19.7 Å². The zero-order valence-corrected chi connectivity index (χ0v) is 19.0. The van der Waals surface area contributed by atoms with Crippen LogP contribution in [0.4, 0.5) is 11.4 Å². The molecule has 2 heterocycles. The number of hydrogen-bond donors (Lipinski definition) is 0. The number of nitro benzene ring substituents is 1. The lowest BCUT2D eigenvalue weighted by molar-refractivity contribution is -0.384. The van der Waals surface area contributed by atoms with E-state index in [4.69, 9.17) is 5.10 Å². The lowest BCUT2D eigenvalue weighted by atomic mass is 9.73. The maximum absolute atomic E-state index is 14.2. The Balaban J connectivity index is 1.64. The first-order valence-corrected chi connectivity index (χ1v) is 11.8. The molecule has 0 radical (unpaired) electrons. The molecule has 35 heavy (non-hydrogen) atoms. The molecule has 1 aromatic heterocycles. The van der Waals surface area contributed by atoms with Gasteiger partial charge >= 0.3 is 0 Å². The molecule has 0 N–H and O–H groups in total. The summed E-state index contributed by atoms with van der Waals surface area (Å²) in [6.45, 7) is 0. The Morgan fingerprint density at radius 2 is 1.46 bits per heavy atom. The molecule has 0 saturated heterocycles. The molecule has 1 atom stereocenters. The molecule has 1 aliphatic carbocycles. The van der Waals surface area contributed by atoms with Crippen molar-refractivity contribution in [3.8, 4) is 0 Å². The number of rotatable bonds is 4. The van der Waals surface area contributed by atoms with Crippen molar-refractivity contribution in [1.82, 2.24) is 0 Å². The van der Waals surface area contributed by atoms with E-state index in [0.29, 0.717) is 22.5 Å². The molecule has 0 bridgehead atoms. The summed E-state index contributed by atoms with van der Waals surface area (Å²) < 4.78 is 0. The molecule has 8 heteroatoms. The van der Waals surface area contributed by atoms with Crippen LogP contribution in [0.15, 0.2) is 101 Å². The lowest BCUT2D eigenvalue weighted by Gasteiger charge is -2.36. The fraction of sp³-hybridized carbons (Fsp3) is 0.0741. The number of anilines is 1. The summed E-state index contributed by atoms with van der Waals surface area (Å²) >= 11 is 1.48. The molecule has 4 aromatic rings. The molecule has 0 amide bonds. The summed E-state index contributed by atoms with van der Waals surface area (Å²) in [6.07, 6.45) is 0. The smallest absolute Gasteiger partial charge is 0.269 e. The number of hydrogen-bond acceptors (Lipinski definition) is 7. The van der Waals surface area contributed by atoms with Crippen LogP contribution in [0, 0.1) is 10.1 Å². The maximum Gasteiger partial charge on any atom is 0.269 e. The van der Waals surface area contributed by atoms with E-state index in [9.17, 15) is 19.7 Å². The first kappa shape index (κ1) is 21.1. The van der Waals surface area contributed by atoms with Crippen LogP contribution in [0.1, 0.15) is 37.1 Å². The van der Waals surface area contributed by atoms with E-state index in [0.717, 1.165) is 10.4 Å². The fourth-order valence-electron chi connectivity index (χ4n) is 5.05. The molecule has 0 saturated carbocycles. The average molecular weight is 480 g/mol. The van der Waals surface area contributed by atoms with Gasteiger partial charge in [-0.25, -0.2) is 5.01 Å². The normalized spacial score (nSPS) is 18.1. The Labute approximate surface area is 204 Å². The number of fused-ring (bicyclic) bond motifs is 1. The van der Waals surface area contributed by atoms with Gasteiger partial charge in [0.05, 0.1) is 27.1 Å². The van der Waals surface area contributed by atoms with Gasteiger partial charge < -0.3 is 0 Å². The minimum atomic E-state index is -1.68. The van der Waals surface area contributed by atoms with E-state index in [-0.39, 0.29) is 17.3 Å². The molecule has 1 aliphatic heterocycles. The van der Waals surface area contributed by atoms with Gasteiger partial charge in [-0.1, -0.05) is 60.7 Å². The first-order chi connectivity index (χ1) is 17.0. The molecule has 7 nitrogen and oxygen atoms in total. The first-order valence-electron chi connectivity index (χ1n) is 10.9. The molecule has 1 spiro atoms. The summed E-state index contributed by atoms with van der Waals surface area (Å²) in [5, 5.41) is 19.5. The van der Waals surface area contributed by atoms with Gasteiger partial charge in [-0.15, -0.1) is 11.3 Å². The molecule has 6 rings (SSSR count). The Morgan fingerprint density at radius 3 is 2.03 bits per heavy atom. The van der Waals surface area contributed by atoms with Crippen molar-refractivity contribution in [1.29, 1.82) is 0 Å². The summed E-state index contributed by atoms with van der Waals surface area (Å²) in [7, 11) is 0. The largest absolute Gasteiger partial charge is 0.291 e. The molecule has 2 aliphatic rings. The molecule has 1 unspecified atom stereocenters. The van der Waals surface area contributed by atoms with Gasteiger partial charge in [0.1, 0.15) is 0 Å². The number of benzene rings is 3. The Bertz CT molecular complexity index is 1480. The Kier molecular flexibility index (Phi) is 4.72. The van der Waals surface area contributed by atoms with E-state index >= 15 is 0 Å². The minimum Gasteiger partial charge on any atom is -0.291 e. The molecule has 170 valence electrons. The third-order valence-electron chi connectivity index (χ3n) is 6.55. The summed E-state index contributed by atoms with van der Waals surface area (Å²) in [5.74, 6) is -1.34. The summed E-state index contributed by atoms with van der Waals surface area (Å²) in [6, 6.07) is 25.9. The van der Waals surface area contributed by atoms with E-state index in [1.54, 1.807) is 24.3 Å². The predicted octanol–water partition coefficient (Wildman–Crippen LogP) is 5.48. The number of carbonyl (C=O) groups excluding carboxylic acids is 2. The van der Waals surface area contributed by atoms with Crippen LogP contribution in [0.5, 0.6) is 0 Å². The number of non-ortho nitro benzene ring substituents is 1. The van der Waals surface area contributed by atoms with Gasteiger partial charge in [-0.05, 0) is 29.1 Å². The van der Waals surface area contributed by atoms with Gasteiger partial charge in [0.15, 0.2) is 11.6 Å². The maximum atomic E-state index is 14.2. The van der Waals surface area contributed by atoms with Crippen molar-refractivity contribution in [2.75, 3.05) is 5.01 Å². The number of nitro groups is 1. The highest BCUT2D eigenvalue weighted by Gasteiger charge is 2.66. The quantitative estimate of drug-likeness (QED) is 0.219. The van der Waals surface area contributed by atoms with Crippen molar-refractivity contribution >= 4 is 40.0 Å². The molecular weight excluding hydrogens is 462 g/mol. The molecule has 0 fully saturated rings. The highest BCUT2D eigenvalue weighted by Crippen LogP contribution is 2.51. The fourth-order valence-corrected chi connectivity index (χ4v) is 5.79. The second kappa shape index (κ2) is 7.82. The van der Waals surface area contributed by atoms with Crippen molar-refractivity contribution in [2.45, 2.75) is 11.5 Å². The van der Waals surface area contributed by atoms with Crippen LogP contribution in [-0.4, -0.2) is 27.7 Å². The van der Waals surface area contributed by atoms with E-state index in [2.05, 4.69) is 0 Å². The van der Waals surface area contributed by atoms with Crippen molar-refractivity contribution in [2.24, 2.45) is 5.10 Å². The number of nitrogens with zero attached hydrogens (tertiary/aromatic N) is 3. The Hall–Kier alpha value is -4.43. The van der Waals surface area contributed by atoms with Crippen molar-refractivity contribution in [3.05, 3.63) is 128 Å². The number of Topliss-reactive ketones (excluding diaryl/α,β-unsaturated/α-hetero) is 2. The van der Waals surface area contributed by atoms with Crippen molar-refractivity contribution < 1.29 is 14.5 Å². The van der Waals surface area contributed by atoms with E-state index < -0.39 is 16.4 Å². The lowest BCUT2D eigenvalue weighted by Crippen LogP contribution is -2.57. The summed E-state index contributed by atoms with van der Waals surface area (Å²) in [5.41, 5.74) is 0.771. The van der Waals surface area contributed by atoms with Gasteiger partial charge in [0.2, 0.25) is 5.54 Å². The Morgan fingerprint density at radius 1 is 0.829 bits per heavy atom. The highest BCUT2D eigenvalue weighted by atomic mass is 32.1. The highest BCUT2D eigenvalue weighted by molar-refractivity contribution is 7.12. The predicted molar refractivity (Wildman–Crippen MR) is 133 cm³/mol. The zero-order chi connectivity index (χ0) is 24.2. The third kappa shape index (κ3) is 2.93. The van der Waals surface area contributed by atoms with E-state index in [1.165, 1.54) is 40.6 Å². The number of thiophene rings is 1. The summed E-state index contributed by atoms with van der Waals surface area (Å²) in [4.78, 5) is 40.1. The third-order valence-corrected chi connectivity index (χ3v) is 7.45. The number of ketones is 2. The molecular formula is C27H17N3O4S. The van der Waals surface area contributed by atoms with Crippen LogP contribution >= 0.6 is 11.3 Å². The average Bonchev–Trinajstić information content (AvgIpc) is 3.59. The van der Waals surface area contributed by atoms with E-state index in [1.807, 2.05) is 47.8 Å². The SMILES string of the molecule is O=C1c2ccccc2C(=O)C12C(c1ccccc1)C(c1cccs1)=NN2c1ccc([N+](=O)[O-])cc1. The van der Waals surface area contributed by atoms with Gasteiger partial charge in [0, 0.05) is 23.3 Å². The van der Waals surface area contributed by atoms with Crippen molar-refractivity contribution in [3.63, 3.8) is 0 Å². The second-order valence-electron chi connectivity index (χ2n) is 8.36. The van der Waals surface area contributed by atoms with Crippen LogP contribution in [0.25, 0.3) is 0 Å². The monoisotopic (exact) mass is 479 g/mol.